The van der Waals surface area contributed by atoms with Gasteiger partial charge in [-0.1, -0.05) is 72.9 Å². The minimum atomic E-state index is -2.23. The number of nitrogens with two attached hydrogens (primary N) is 8. The van der Waals surface area contributed by atoms with Crippen LogP contribution in [0.25, 0.3) is 0 Å². The van der Waals surface area contributed by atoms with E-state index < -0.39 is 136 Å². The minimum absolute atomic E-state index is 0.00445. The van der Waals surface area contributed by atoms with Gasteiger partial charge in [-0.05, 0) is 58.4 Å². The number of nitrogens with zero attached hydrogens (tertiary/aromatic N) is 8. The fraction of sp³-hybridized carbons (Fsp3) is 0.229. The van der Waals surface area contributed by atoms with Crippen molar-refractivity contribution in [2.45, 2.75) is 50.1 Å². The fourth-order valence-corrected chi connectivity index (χ4v) is 8.76. The molecular formula is C48H53N21O11. The highest BCUT2D eigenvalue weighted by atomic mass is 16.6. The maximum absolute atomic E-state index is 15.0. The van der Waals surface area contributed by atoms with Crippen LogP contribution in [0, 0.1) is 37.5 Å². The Kier molecular flexibility index (Phi) is 18.2. The number of nitro benzene ring substituents is 2. The van der Waals surface area contributed by atoms with Gasteiger partial charge in [0.25, 0.3) is 23.6 Å². The van der Waals surface area contributed by atoms with Gasteiger partial charge in [-0.2, -0.15) is 5.26 Å². The first-order valence-corrected chi connectivity index (χ1v) is 23.5. The summed E-state index contributed by atoms with van der Waals surface area (Å²) >= 11 is 0. The van der Waals surface area contributed by atoms with Gasteiger partial charge in [0, 0.05) is 24.6 Å². The second-order valence-electron chi connectivity index (χ2n) is 17.6. The molecule has 7 unspecified atom stereocenters. The SMILES string of the molecule is CC(N)=NC(NC(=O)C(N=C(N)N)NC(=O)C(N=C(N)N)NC(=O)C(NC(=O)C(CO)N(CC1=CC2=C3C(=CC=C4C=CC=C1C43)CC=C2)c1c([N+](=O)[O-])cc(C#N)cc1[N+](=O)[O-])c1ccccc1)C(=O)NC(N=C(N)N)C(N)=O. The molecule has 6 rings (SSSR count). The van der Waals surface area contributed by atoms with Crippen molar-refractivity contribution < 1.29 is 43.7 Å². The zero-order valence-corrected chi connectivity index (χ0v) is 42.0. The molecule has 0 aliphatic heterocycles. The summed E-state index contributed by atoms with van der Waals surface area (Å²) in [6.45, 7) is -0.520. The number of nitriles is 1. The zero-order chi connectivity index (χ0) is 58.7. The normalized spacial score (nSPS) is 16.9. The highest BCUT2D eigenvalue weighted by Gasteiger charge is 2.42. The molecule has 6 amide bonds. The Balaban J connectivity index is 1.37. The zero-order valence-electron chi connectivity index (χ0n) is 42.0. The molecular weight excluding hydrogens is 1050 g/mol. The number of hydrogen-bond donors (Lipinski definition) is 14. The highest BCUT2D eigenvalue weighted by Crippen LogP contribution is 2.50. The van der Waals surface area contributed by atoms with E-state index in [-0.39, 0.29) is 17.3 Å². The number of nitro groups is 2. The molecule has 4 aliphatic rings. The summed E-state index contributed by atoms with van der Waals surface area (Å²) in [5, 5.41) is 57.8. The van der Waals surface area contributed by atoms with Crippen molar-refractivity contribution >= 4 is 76.2 Å². The van der Waals surface area contributed by atoms with Gasteiger partial charge >= 0.3 is 11.4 Å². The third kappa shape index (κ3) is 13.6. The van der Waals surface area contributed by atoms with Crippen molar-refractivity contribution in [2.75, 3.05) is 18.1 Å². The molecule has 0 spiro atoms. The molecule has 22 N–H and O–H groups in total. The number of nitrogens with one attached hydrogen (secondary N) is 5. The van der Waals surface area contributed by atoms with E-state index >= 15 is 0 Å². The Bertz CT molecular complexity index is 3280. The third-order valence-corrected chi connectivity index (χ3v) is 12.0. The number of carbonyl (C=O) groups excluding carboxylic acids is 6. The predicted molar refractivity (Wildman–Crippen MR) is 287 cm³/mol. The van der Waals surface area contributed by atoms with Gasteiger partial charge in [-0.3, -0.25) is 49.0 Å². The summed E-state index contributed by atoms with van der Waals surface area (Å²) in [7, 11) is 0. The van der Waals surface area contributed by atoms with Crippen LogP contribution in [0.5, 0.6) is 0 Å². The Hall–Kier alpha value is -11.2. The smallest absolute Gasteiger partial charge is 0.301 e. The van der Waals surface area contributed by atoms with E-state index in [0.717, 1.165) is 39.3 Å². The summed E-state index contributed by atoms with van der Waals surface area (Å²) in [6.07, 6.45) is 7.30. The highest BCUT2D eigenvalue weighted by molar-refractivity contribution is 5.99. The molecule has 0 bridgehead atoms. The van der Waals surface area contributed by atoms with E-state index in [4.69, 9.17) is 45.9 Å². The topological polar surface area (TPSA) is 554 Å². The van der Waals surface area contributed by atoms with E-state index in [1.54, 1.807) is 30.4 Å². The number of aliphatic imine (C=N–C) groups is 4. The Morgan fingerprint density at radius 1 is 0.738 bits per heavy atom. The number of aliphatic hydroxyl groups excluding tert-OH is 1. The number of benzene rings is 2. The number of allylic oxidation sites excluding steroid dienone is 12. The Morgan fingerprint density at radius 3 is 1.79 bits per heavy atom. The van der Waals surface area contributed by atoms with Gasteiger partial charge < -0.3 is 82.5 Å². The first-order chi connectivity index (χ1) is 37.9. The van der Waals surface area contributed by atoms with E-state index in [0.29, 0.717) is 17.6 Å². The van der Waals surface area contributed by atoms with Crippen LogP contribution in [0.1, 0.15) is 30.5 Å². The molecule has 2 aromatic rings. The summed E-state index contributed by atoms with van der Waals surface area (Å²) in [5.41, 5.74) is 45.6. The molecule has 4 aliphatic carbocycles. The lowest BCUT2D eigenvalue weighted by Crippen LogP contribution is -2.58. The summed E-state index contributed by atoms with van der Waals surface area (Å²) < 4.78 is 0. The van der Waals surface area contributed by atoms with Crippen LogP contribution in [-0.2, 0) is 28.8 Å². The number of anilines is 1. The number of primary amides is 1. The molecule has 2 aromatic carbocycles. The number of rotatable bonds is 23. The minimum Gasteiger partial charge on any atom is -0.394 e. The average molecular weight is 1100 g/mol. The molecule has 0 radical (unpaired) electrons. The van der Waals surface area contributed by atoms with Crippen LogP contribution >= 0.6 is 0 Å². The largest absolute Gasteiger partial charge is 0.394 e. The summed E-state index contributed by atoms with van der Waals surface area (Å²) in [5.74, 6) is -10.9. The van der Waals surface area contributed by atoms with E-state index in [2.05, 4.69) is 41.2 Å². The van der Waals surface area contributed by atoms with Crippen LogP contribution in [0.15, 0.2) is 144 Å². The van der Waals surface area contributed by atoms with Crippen LogP contribution in [0.2, 0.25) is 0 Å². The second kappa shape index (κ2) is 25.1. The van der Waals surface area contributed by atoms with Gasteiger partial charge in [-0.25, -0.2) is 20.0 Å². The van der Waals surface area contributed by atoms with Crippen molar-refractivity contribution in [1.29, 1.82) is 5.26 Å². The summed E-state index contributed by atoms with van der Waals surface area (Å²) in [6, 6.07) is 6.49. The molecule has 0 saturated heterocycles. The van der Waals surface area contributed by atoms with Crippen LogP contribution in [-0.4, -0.2) is 118 Å². The quantitative estimate of drug-likeness (QED) is 0.0218. The van der Waals surface area contributed by atoms with E-state index in [1.807, 2.05) is 35.7 Å². The maximum atomic E-state index is 15.0. The van der Waals surface area contributed by atoms with E-state index in [1.165, 1.54) is 31.2 Å². The molecule has 32 heteroatoms. The monoisotopic (exact) mass is 1100 g/mol. The lowest BCUT2D eigenvalue weighted by atomic mass is 9.67. The Morgan fingerprint density at radius 2 is 1.27 bits per heavy atom. The molecule has 7 atom stereocenters. The Labute approximate surface area is 452 Å². The number of aliphatic hydroxyl groups is 1. The first kappa shape index (κ1) is 58.0. The predicted octanol–water partition coefficient (Wildman–Crippen LogP) is -3.97. The van der Waals surface area contributed by atoms with Gasteiger partial charge in [-0.15, -0.1) is 0 Å². The van der Waals surface area contributed by atoms with Crippen LogP contribution < -0.4 is 77.4 Å². The van der Waals surface area contributed by atoms with Crippen molar-refractivity contribution in [3.8, 4) is 6.07 Å². The average Bonchev–Trinajstić information content (AvgIpc) is 3.41. The maximum Gasteiger partial charge on any atom is 0.301 e. The molecule has 80 heavy (non-hydrogen) atoms. The van der Waals surface area contributed by atoms with Crippen molar-refractivity contribution in [3.63, 3.8) is 0 Å². The number of amidine groups is 1. The molecule has 0 heterocycles. The van der Waals surface area contributed by atoms with Crippen molar-refractivity contribution in [1.82, 2.24) is 26.6 Å². The van der Waals surface area contributed by atoms with E-state index in [9.17, 15) is 59.4 Å². The second-order valence-corrected chi connectivity index (χ2v) is 17.6. The molecule has 416 valence electrons. The molecule has 0 aromatic heterocycles. The van der Waals surface area contributed by atoms with Gasteiger partial charge in [0.2, 0.25) is 36.5 Å². The number of amides is 6. The molecule has 32 nitrogen and oxygen atoms in total. The molecule has 0 saturated carbocycles. The fourth-order valence-electron chi connectivity index (χ4n) is 8.76. The van der Waals surface area contributed by atoms with Crippen molar-refractivity contribution in [3.05, 3.63) is 156 Å². The number of guanidine groups is 3. The third-order valence-electron chi connectivity index (χ3n) is 12.0. The lowest BCUT2D eigenvalue weighted by Gasteiger charge is -2.40. The molecule has 0 fully saturated rings. The van der Waals surface area contributed by atoms with Crippen LogP contribution in [0.4, 0.5) is 17.1 Å². The van der Waals surface area contributed by atoms with Gasteiger partial charge in [0.1, 0.15) is 12.1 Å². The van der Waals surface area contributed by atoms with Crippen LogP contribution in [0.3, 0.4) is 0 Å². The standard InChI is InChI=1S/C48H53N21O11/c1-21(50)58-38(43(74)60-37(36(51)71)64-46(52)53)62-45(76)40(66-48(56)57)63-44(75)39(65-47(54)55)61-42(73)34(25-7-3-2-4-8-25)59-41(72)31(20-70)67(35-29(68(77)78)15-22(18-49)16-30(35)69(79)80)19-27-17-26-11-5-9-23-13-14-24-10-6-12-28(27)33(24)32(23)26/h2-8,10-17,31,33-34,37-40,70H,9,19-20H2,1H3,(H2,50,58)(H2,51,71)(H,59,72)(H,60,74)(H,61,73)(H,62,76)(H,63,75)(H4,52,53,64)(H4,54,55,65)(H4,56,57,66). The summed E-state index contributed by atoms with van der Waals surface area (Å²) in [4.78, 5) is 122. The van der Waals surface area contributed by atoms with Crippen molar-refractivity contribution in [2.24, 2.45) is 71.8 Å². The first-order valence-electron chi connectivity index (χ1n) is 23.5. The number of carbonyl (C=O) groups is 6. The van der Waals surface area contributed by atoms with Gasteiger partial charge in [0.15, 0.2) is 23.6 Å². The van der Waals surface area contributed by atoms with Gasteiger partial charge in [0.05, 0.1) is 33.9 Å². The number of hydrogen-bond acceptors (Lipinski definition) is 17. The lowest BCUT2D eigenvalue weighted by molar-refractivity contribution is -0.392.